The van der Waals surface area contributed by atoms with Gasteiger partial charge in [0.15, 0.2) is 5.84 Å². The average molecular weight is 317 g/mol. The highest BCUT2D eigenvalue weighted by Gasteiger charge is 2.22. The fourth-order valence-corrected chi connectivity index (χ4v) is 2.01. The number of nitro groups is 1. The molecule has 120 valence electrons. The van der Waals surface area contributed by atoms with Crippen molar-refractivity contribution in [3.05, 3.63) is 57.4 Å². The van der Waals surface area contributed by atoms with Crippen LogP contribution in [0, 0.1) is 24.0 Å². The second kappa shape index (κ2) is 6.69. The van der Waals surface area contributed by atoms with Crippen molar-refractivity contribution in [1.82, 2.24) is 9.78 Å². The Morgan fingerprint density at radius 3 is 2.61 bits per heavy atom. The van der Waals surface area contributed by atoms with Crippen molar-refractivity contribution >= 4 is 17.5 Å². The molecule has 1 heterocycles. The lowest BCUT2D eigenvalue weighted by atomic mass is 10.2. The van der Waals surface area contributed by atoms with Crippen LogP contribution in [-0.2, 0) is 11.4 Å². The summed E-state index contributed by atoms with van der Waals surface area (Å²) < 4.78 is 1.34. The molecule has 0 aliphatic heterocycles. The lowest BCUT2D eigenvalue weighted by molar-refractivity contribution is -0.386. The zero-order valence-electron chi connectivity index (χ0n) is 12.6. The van der Waals surface area contributed by atoms with Crippen LogP contribution in [0.4, 0.5) is 5.69 Å². The summed E-state index contributed by atoms with van der Waals surface area (Å²) >= 11 is 0. The van der Waals surface area contributed by atoms with Crippen LogP contribution in [0.25, 0.3) is 0 Å². The van der Waals surface area contributed by atoms with Crippen molar-refractivity contribution in [1.29, 1.82) is 0 Å². The first-order valence-corrected chi connectivity index (χ1v) is 6.67. The van der Waals surface area contributed by atoms with Gasteiger partial charge in [-0.2, -0.15) is 5.10 Å². The van der Waals surface area contributed by atoms with Gasteiger partial charge in [0.2, 0.25) is 0 Å². The minimum Gasteiger partial charge on any atom is -0.383 e. The fourth-order valence-electron chi connectivity index (χ4n) is 2.01. The van der Waals surface area contributed by atoms with Gasteiger partial charge in [0.25, 0.3) is 0 Å². The molecule has 9 heteroatoms. The van der Waals surface area contributed by atoms with Gasteiger partial charge in [-0.3, -0.25) is 14.8 Å². The third kappa shape index (κ3) is 3.70. The number of aromatic nitrogens is 2. The molecule has 0 spiro atoms. The van der Waals surface area contributed by atoms with Gasteiger partial charge in [0, 0.05) is 0 Å². The number of hydrogen-bond acceptors (Lipinski definition) is 6. The Balaban J connectivity index is 2.07. The molecule has 0 radical (unpaired) electrons. The first-order valence-electron chi connectivity index (χ1n) is 6.67. The van der Waals surface area contributed by atoms with Crippen molar-refractivity contribution in [2.75, 3.05) is 0 Å². The van der Waals surface area contributed by atoms with E-state index < -0.39 is 10.9 Å². The molecule has 0 aliphatic rings. The van der Waals surface area contributed by atoms with E-state index in [2.05, 4.69) is 10.3 Å². The third-order valence-corrected chi connectivity index (χ3v) is 3.09. The summed E-state index contributed by atoms with van der Waals surface area (Å²) in [7, 11) is 0. The van der Waals surface area contributed by atoms with Crippen LogP contribution < -0.4 is 5.73 Å². The number of carbonyl (C=O) groups is 1. The highest BCUT2D eigenvalue weighted by atomic mass is 16.7. The Hall–Kier alpha value is -3.23. The van der Waals surface area contributed by atoms with E-state index in [1.807, 2.05) is 0 Å². The first kappa shape index (κ1) is 16.1. The quantitative estimate of drug-likeness (QED) is 0.293. The molecule has 2 N–H and O–H groups in total. The first-order chi connectivity index (χ1) is 10.9. The van der Waals surface area contributed by atoms with Crippen molar-refractivity contribution in [2.45, 2.75) is 20.4 Å². The van der Waals surface area contributed by atoms with Gasteiger partial charge >= 0.3 is 11.7 Å². The summed E-state index contributed by atoms with van der Waals surface area (Å²) in [6.45, 7) is 3.06. The smallest absolute Gasteiger partial charge is 0.365 e. The van der Waals surface area contributed by atoms with Gasteiger partial charge in [-0.25, -0.2) is 4.79 Å². The van der Waals surface area contributed by atoms with Crippen LogP contribution in [0.5, 0.6) is 0 Å². The monoisotopic (exact) mass is 317 g/mol. The number of nitrogens with two attached hydrogens (primary N) is 1. The Kier molecular flexibility index (Phi) is 4.69. The molecule has 0 amide bonds. The number of benzene rings is 1. The largest absolute Gasteiger partial charge is 0.383 e. The Bertz CT molecular complexity index is 767. The van der Waals surface area contributed by atoms with E-state index in [0.717, 1.165) is 0 Å². The number of nitrogens with zero attached hydrogens (tertiary/aromatic N) is 4. The maximum Gasteiger partial charge on any atom is 0.365 e. The van der Waals surface area contributed by atoms with Gasteiger partial charge in [-0.05, 0) is 26.0 Å². The molecule has 0 fully saturated rings. The maximum atomic E-state index is 11.7. The van der Waals surface area contributed by atoms with E-state index >= 15 is 0 Å². The number of oxime groups is 1. The van der Waals surface area contributed by atoms with Crippen LogP contribution in [0.3, 0.4) is 0 Å². The second-order valence-electron chi connectivity index (χ2n) is 4.76. The summed E-state index contributed by atoms with van der Waals surface area (Å²) in [5.74, 6) is -0.678. The van der Waals surface area contributed by atoms with Crippen LogP contribution >= 0.6 is 0 Å². The molecule has 0 saturated carbocycles. The van der Waals surface area contributed by atoms with E-state index in [-0.39, 0.29) is 23.8 Å². The number of amidine groups is 1. The highest BCUT2D eigenvalue weighted by molar-refractivity contribution is 5.90. The van der Waals surface area contributed by atoms with Gasteiger partial charge in [-0.1, -0.05) is 23.4 Å². The van der Waals surface area contributed by atoms with Gasteiger partial charge in [-0.15, -0.1) is 0 Å². The molecular weight excluding hydrogens is 302 g/mol. The van der Waals surface area contributed by atoms with Crippen molar-refractivity contribution < 1.29 is 14.6 Å². The molecular formula is C14H15N5O4. The summed E-state index contributed by atoms with van der Waals surface area (Å²) in [5, 5.41) is 18.5. The van der Waals surface area contributed by atoms with Gasteiger partial charge < -0.3 is 10.6 Å². The topological polar surface area (TPSA) is 126 Å². The lowest BCUT2D eigenvalue weighted by Gasteiger charge is -2.03. The van der Waals surface area contributed by atoms with Crippen LogP contribution in [-0.4, -0.2) is 26.5 Å². The summed E-state index contributed by atoms with van der Waals surface area (Å²) in [4.78, 5) is 26.9. The molecule has 9 nitrogen and oxygen atoms in total. The van der Waals surface area contributed by atoms with Crippen molar-refractivity contribution in [3.8, 4) is 0 Å². The number of aryl methyl sites for hydroxylation is 1. The number of hydrogen-bond donors (Lipinski definition) is 1. The molecule has 0 bridgehead atoms. The maximum absolute atomic E-state index is 11.7. The Labute approximate surface area is 131 Å². The molecule has 0 atom stereocenters. The molecule has 1 aromatic carbocycles. The van der Waals surface area contributed by atoms with Crippen LogP contribution in [0.15, 0.2) is 35.5 Å². The van der Waals surface area contributed by atoms with E-state index in [0.29, 0.717) is 11.3 Å². The average Bonchev–Trinajstić information content (AvgIpc) is 2.79. The van der Waals surface area contributed by atoms with Crippen LogP contribution in [0.1, 0.15) is 21.7 Å². The predicted molar refractivity (Wildman–Crippen MR) is 81.8 cm³/mol. The molecule has 1 aromatic heterocycles. The SMILES string of the molecule is Cc1nn(C/C(N)=N\OC(=O)c2ccccc2)c(C)c1[N+](=O)[O-]. The molecule has 2 aromatic rings. The summed E-state index contributed by atoms with van der Waals surface area (Å²) in [6.07, 6.45) is 0. The van der Waals surface area contributed by atoms with Crippen molar-refractivity contribution in [2.24, 2.45) is 10.9 Å². The minimum atomic E-state index is -0.645. The third-order valence-electron chi connectivity index (χ3n) is 3.09. The van der Waals surface area contributed by atoms with E-state index in [1.165, 1.54) is 11.6 Å². The Morgan fingerprint density at radius 1 is 1.39 bits per heavy atom. The van der Waals surface area contributed by atoms with Gasteiger partial charge in [0.05, 0.1) is 10.5 Å². The fraction of sp³-hybridized carbons (Fsp3) is 0.214. The van der Waals surface area contributed by atoms with E-state index in [1.54, 1.807) is 37.3 Å². The predicted octanol–water partition coefficient (Wildman–Crippen LogP) is 1.54. The van der Waals surface area contributed by atoms with Crippen molar-refractivity contribution in [3.63, 3.8) is 0 Å². The zero-order chi connectivity index (χ0) is 17.0. The van der Waals surface area contributed by atoms with E-state index in [9.17, 15) is 14.9 Å². The van der Waals surface area contributed by atoms with Crippen LogP contribution in [0.2, 0.25) is 0 Å². The standard InChI is InChI=1S/C14H15N5O4/c1-9-13(19(21)22)10(2)18(16-9)8-12(15)17-23-14(20)11-6-4-3-5-7-11/h3-7H,8H2,1-2H3,(H2,15,17). The van der Waals surface area contributed by atoms with Gasteiger partial charge in [0.1, 0.15) is 17.9 Å². The molecule has 0 saturated heterocycles. The molecule has 23 heavy (non-hydrogen) atoms. The molecule has 2 rings (SSSR count). The summed E-state index contributed by atoms with van der Waals surface area (Å²) in [6, 6.07) is 8.32. The molecule has 0 aliphatic carbocycles. The number of rotatable bonds is 5. The minimum absolute atomic E-state index is 0.0252. The normalized spacial score (nSPS) is 11.3. The second-order valence-corrected chi connectivity index (χ2v) is 4.76. The summed E-state index contributed by atoms with van der Waals surface area (Å²) in [5.41, 5.74) is 6.57. The Morgan fingerprint density at radius 2 is 2.04 bits per heavy atom. The van der Waals surface area contributed by atoms with E-state index in [4.69, 9.17) is 10.6 Å². The zero-order valence-corrected chi connectivity index (χ0v) is 12.6. The highest BCUT2D eigenvalue weighted by Crippen LogP contribution is 2.21. The molecule has 0 unspecified atom stereocenters. The lowest BCUT2D eigenvalue weighted by Crippen LogP contribution is -2.22. The number of carbonyl (C=O) groups excluding carboxylic acids is 1.